The number of aryl methyl sites for hydroxylation is 1. The Bertz CT molecular complexity index is 835. The van der Waals surface area contributed by atoms with Crippen LogP contribution in [-0.2, 0) is 11.2 Å². The van der Waals surface area contributed by atoms with Crippen molar-refractivity contribution in [3.8, 4) is 0 Å². The van der Waals surface area contributed by atoms with Crippen LogP contribution < -0.4 is 5.32 Å². The van der Waals surface area contributed by atoms with Gasteiger partial charge in [-0.2, -0.15) is 0 Å². The summed E-state index contributed by atoms with van der Waals surface area (Å²) in [6.07, 6.45) is 2.77. The first-order valence-electron chi connectivity index (χ1n) is 8.47. The van der Waals surface area contributed by atoms with Crippen LogP contribution in [0.25, 0.3) is 6.08 Å². The minimum atomic E-state index is -0.228. The Labute approximate surface area is 147 Å². The lowest BCUT2D eigenvalue weighted by Gasteiger charge is -2.04. The van der Waals surface area contributed by atoms with Crippen molar-refractivity contribution < 1.29 is 9.18 Å². The first-order chi connectivity index (χ1) is 12.0. The highest BCUT2D eigenvalue weighted by molar-refractivity contribution is 6.14. The van der Waals surface area contributed by atoms with Gasteiger partial charge < -0.3 is 5.32 Å². The average Bonchev–Trinajstić information content (AvgIpc) is 2.94. The molecule has 0 aromatic heterocycles. The normalized spacial score (nSPS) is 15.6. The van der Waals surface area contributed by atoms with Gasteiger partial charge >= 0.3 is 0 Å². The number of halogens is 1. The number of benzene rings is 2. The van der Waals surface area contributed by atoms with Gasteiger partial charge in [-0.1, -0.05) is 56.3 Å². The molecule has 0 saturated carbocycles. The Morgan fingerprint density at radius 3 is 2.48 bits per heavy atom. The number of amides is 1. The van der Waals surface area contributed by atoms with Crippen LogP contribution in [0.2, 0.25) is 0 Å². The van der Waals surface area contributed by atoms with E-state index in [1.54, 1.807) is 24.3 Å². The van der Waals surface area contributed by atoms with E-state index in [9.17, 15) is 9.18 Å². The minimum Gasteiger partial charge on any atom is -0.309 e. The van der Waals surface area contributed by atoms with Crippen molar-refractivity contribution >= 4 is 17.8 Å². The predicted octanol–water partition coefficient (Wildman–Crippen LogP) is 4.45. The Balaban J connectivity index is 1.70. The summed E-state index contributed by atoms with van der Waals surface area (Å²) in [5, 5.41) is 2.76. The highest BCUT2D eigenvalue weighted by Crippen LogP contribution is 2.18. The molecule has 4 heteroatoms. The first-order valence-corrected chi connectivity index (χ1v) is 8.47. The molecule has 3 nitrogen and oxygen atoms in total. The van der Waals surface area contributed by atoms with Crippen LogP contribution in [0.5, 0.6) is 0 Å². The van der Waals surface area contributed by atoms with Crippen LogP contribution in [0.4, 0.5) is 4.39 Å². The summed E-state index contributed by atoms with van der Waals surface area (Å²) in [5.41, 5.74) is 3.21. The molecule has 1 aliphatic heterocycles. The summed E-state index contributed by atoms with van der Waals surface area (Å²) >= 11 is 0. The lowest BCUT2D eigenvalue weighted by Crippen LogP contribution is -2.24. The highest BCUT2D eigenvalue weighted by atomic mass is 19.1. The maximum atomic E-state index is 13.7. The molecule has 2 aromatic carbocycles. The van der Waals surface area contributed by atoms with Gasteiger partial charge in [0.15, 0.2) is 0 Å². The second-order valence-electron chi connectivity index (χ2n) is 6.45. The summed E-state index contributed by atoms with van der Waals surface area (Å²) in [6, 6.07) is 14.8. The second-order valence-corrected chi connectivity index (χ2v) is 6.45. The molecular formula is C21H21FN2O. The van der Waals surface area contributed by atoms with Crippen LogP contribution >= 0.6 is 0 Å². The van der Waals surface area contributed by atoms with Gasteiger partial charge in [0.25, 0.3) is 5.91 Å². The van der Waals surface area contributed by atoms with Gasteiger partial charge in [0.1, 0.15) is 17.3 Å². The number of rotatable bonds is 5. The van der Waals surface area contributed by atoms with E-state index >= 15 is 0 Å². The molecular weight excluding hydrogens is 315 g/mol. The third kappa shape index (κ3) is 4.21. The van der Waals surface area contributed by atoms with Crippen LogP contribution in [0.3, 0.4) is 0 Å². The fraction of sp³-hybridized carbons (Fsp3) is 0.238. The lowest BCUT2D eigenvalue weighted by atomic mass is 10.0. The summed E-state index contributed by atoms with van der Waals surface area (Å²) in [6.45, 7) is 4.29. The zero-order valence-electron chi connectivity index (χ0n) is 14.4. The van der Waals surface area contributed by atoms with Crippen LogP contribution in [0.1, 0.15) is 42.9 Å². The topological polar surface area (TPSA) is 41.5 Å². The molecule has 0 spiro atoms. The summed E-state index contributed by atoms with van der Waals surface area (Å²) in [4.78, 5) is 16.4. The molecule has 1 heterocycles. The van der Waals surface area contributed by atoms with E-state index in [1.807, 2.05) is 12.1 Å². The number of aliphatic imine (C=N–C) groups is 1. The van der Waals surface area contributed by atoms with Gasteiger partial charge in [-0.05, 0) is 41.2 Å². The third-order valence-corrected chi connectivity index (χ3v) is 4.24. The van der Waals surface area contributed by atoms with Gasteiger partial charge in [0, 0.05) is 6.42 Å². The van der Waals surface area contributed by atoms with Crippen molar-refractivity contribution in [1.82, 2.24) is 5.32 Å². The molecule has 25 heavy (non-hydrogen) atoms. The fourth-order valence-corrected chi connectivity index (χ4v) is 2.72. The number of amidine groups is 1. The van der Waals surface area contributed by atoms with Crippen molar-refractivity contribution in [2.24, 2.45) is 4.99 Å². The summed E-state index contributed by atoms with van der Waals surface area (Å²) in [7, 11) is 0. The predicted molar refractivity (Wildman–Crippen MR) is 98.8 cm³/mol. The molecule has 0 radical (unpaired) electrons. The van der Waals surface area contributed by atoms with Gasteiger partial charge in [-0.25, -0.2) is 9.38 Å². The van der Waals surface area contributed by atoms with Gasteiger partial charge in [-0.3, -0.25) is 4.79 Å². The quantitative estimate of drug-likeness (QED) is 0.805. The third-order valence-electron chi connectivity index (χ3n) is 4.24. The maximum Gasteiger partial charge on any atom is 0.275 e. The maximum absolute atomic E-state index is 13.7. The molecule has 1 aliphatic rings. The molecule has 3 rings (SSSR count). The second kappa shape index (κ2) is 7.43. The molecule has 128 valence electrons. The molecule has 0 aliphatic carbocycles. The van der Waals surface area contributed by atoms with Crippen molar-refractivity contribution in [1.29, 1.82) is 0 Å². The molecule has 2 aromatic rings. The number of nitrogens with zero attached hydrogens (tertiary/aromatic N) is 1. The summed E-state index contributed by atoms with van der Waals surface area (Å²) in [5.74, 6) is 0.614. The molecule has 0 bridgehead atoms. The van der Waals surface area contributed by atoms with Crippen molar-refractivity contribution in [2.45, 2.75) is 32.6 Å². The number of hydrogen-bond acceptors (Lipinski definition) is 2. The molecule has 0 saturated heterocycles. The van der Waals surface area contributed by atoms with Crippen molar-refractivity contribution in [2.75, 3.05) is 0 Å². The van der Waals surface area contributed by atoms with Gasteiger partial charge in [0.05, 0.1) is 0 Å². The van der Waals surface area contributed by atoms with Gasteiger partial charge in [-0.15, -0.1) is 0 Å². The molecule has 0 unspecified atom stereocenters. The lowest BCUT2D eigenvalue weighted by molar-refractivity contribution is -0.115. The van der Waals surface area contributed by atoms with Gasteiger partial charge in [0.2, 0.25) is 0 Å². The SMILES string of the molecule is CC(C)c1ccc(/C=C2/N=C(CCc3ccccc3F)NC2=O)cc1. The number of hydrogen-bond donors (Lipinski definition) is 1. The minimum absolute atomic E-state index is 0.212. The zero-order valence-corrected chi connectivity index (χ0v) is 14.4. The summed E-state index contributed by atoms with van der Waals surface area (Å²) < 4.78 is 13.7. The standard InChI is InChI=1S/C21H21FN2O/c1-14(2)16-9-7-15(8-10-16)13-19-21(25)24-20(23-19)12-11-17-5-3-4-6-18(17)22/h3-10,13-14H,11-12H2,1-2H3,(H,23,24,25)/b19-13+. The highest BCUT2D eigenvalue weighted by Gasteiger charge is 2.19. The van der Waals surface area contributed by atoms with E-state index < -0.39 is 0 Å². The van der Waals surface area contributed by atoms with E-state index in [2.05, 4.69) is 36.3 Å². The van der Waals surface area contributed by atoms with Crippen LogP contribution in [0.15, 0.2) is 59.2 Å². The molecule has 1 amide bonds. The van der Waals surface area contributed by atoms with Crippen molar-refractivity contribution in [3.05, 3.63) is 76.7 Å². The largest absolute Gasteiger partial charge is 0.309 e. The monoisotopic (exact) mass is 336 g/mol. The Morgan fingerprint density at radius 1 is 1.08 bits per heavy atom. The Morgan fingerprint density at radius 2 is 1.80 bits per heavy atom. The van der Waals surface area contributed by atoms with Crippen LogP contribution in [0, 0.1) is 5.82 Å². The van der Waals surface area contributed by atoms with E-state index in [-0.39, 0.29) is 11.7 Å². The smallest absolute Gasteiger partial charge is 0.275 e. The van der Waals surface area contributed by atoms with E-state index in [1.165, 1.54) is 11.6 Å². The molecule has 0 atom stereocenters. The van der Waals surface area contributed by atoms with E-state index in [0.29, 0.717) is 35.9 Å². The number of carbonyl (C=O) groups excluding carboxylic acids is 1. The van der Waals surface area contributed by atoms with Crippen LogP contribution in [-0.4, -0.2) is 11.7 Å². The molecule has 0 fully saturated rings. The Kier molecular flexibility index (Phi) is 5.08. The van der Waals surface area contributed by atoms with Crippen molar-refractivity contribution in [3.63, 3.8) is 0 Å². The van der Waals surface area contributed by atoms with E-state index in [4.69, 9.17) is 0 Å². The van der Waals surface area contributed by atoms with E-state index in [0.717, 1.165) is 5.56 Å². The Hall–Kier alpha value is -2.75. The number of nitrogens with one attached hydrogen (secondary N) is 1. The zero-order chi connectivity index (χ0) is 17.8. The average molecular weight is 336 g/mol. The fourth-order valence-electron chi connectivity index (χ4n) is 2.72. The first kappa shape index (κ1) is 17.1. The molecule has 1 N–H and O–H groups in total. The number of carbonyl (C=O) groups is 1.